The third-order valence-corrected chi connectivity index (χ3v) is 8.68. The van der Waals surface area contributed by atoms with Crippen molar-refractivity contribution in [1.29, 1.82) is 5.26 Å². The molecule has 0 spiro atoms. The monoisotopic (exact) mass is 592 g/mol. The number of carbonyl (C=O) groups excluding carboxylic acids is 2. The van der Waals surface area contributed by atoms with Crippen LogP contribution in [0.1, 0.15) is 30.2 Å². The van der Waals surface area contributed by atoms with E-state index in [2.05, 4.69) is 44.5 Å². The molecule has 1 aliphatic rings. The average Bonchev–Trinajstić information content (AvgIpc) is 3.33. The molecule has 0 bridgehead atoms. The number of halogens is 1. The van der Waals surface area contributed by atoms with Gasteiger partial charge >= 0.3 is 0 Å². The van der Waals surface area contributed by atoms with Crippen molar-refractivity contribution in [2.75, 3.05) is 16.4 Å². The highest BCUT2D eigenvalue weighted by Gasteiger charge is 2.39. The number of nitrogens with zero attached hydrogens (tertiary/aromatic N) is 2. The summed E-state index contributed by atoms with van der Waals surface area (Å²) >= 11 is 6.21. The highest BCUT2D eigenvalue weighted by atomic mass is 79.9. The lowest BCUT2D eigenvalue weighted by Gasteiger charge is -2.29. The molecule has 4 rings (SSSR count). The van der Waals surface area contributed by atoms with Gasteiger partial charge in [-0.05, 0) is 65.2 Å². The van der Waals surface area contributed by atoms with Crippen LogP contribution in [0.5, 0.6) is 0 Å². The Hall–Kier alpha value is -3.19. The minimum absolute atomic E-state index is 0.104. The summed E-state index contributed by atoms with van der Waals surface area (Å²) in [5.41, 5.74) is 3.53. The van der Waals surface area contributed by atoms with Crippen LogP contribution in [0.2, 0.25) is 0 Å². The van der Waals surface area contributed by atoms with Gasteiger partial charge in [-0.15, -0.1) is 11.3 Å². The maximum Gasteiger partial charge on any atom is 0.254 e. The normalized spacial score (nSPS) is 17.1. The number of thiophene rings is 1. The first-order chi connectivity index (χ1) is 17.9. The number of anilines is 2. The Kier molecular flexibility index (Phi) is 8.98. The number of amides is 2. The molecule has 0 saturated heterocycles. The van der Waals surface area contributed by atoms with Crippen LogP contribution in [0, 0.1) is 17.2 Å². The van der Waals surface area contributed by atoms with E-state index in [4.69, 9.17) is 0 Å². The molecule has 0 radical (unpaired) electrons. The molecule has 188 valence electrons. The van der Waals surface area contributed by atoms with E-state index in [0.717, 1.165) is 27.0 Å². The van der Waals surface area contributed by atoms with Crippen LogP contribution in [0.4, 0.5) is 11.4 Å². The van der Waals surface area contributed by atoms with Crippen molar-refractivity contribution in [3.8, 4) is 6.07 Å². The van der Waals surface area contributed by atoms with Gasteiger partial charge in [-0.2, -0.15) is 5.26 Å². The van der Waals surface area contributed by atoms with Crippen molar-refractivity contribution in [3.05, 3.63) is 92.2 Å². The standard InChI is InChI=1S/C28H25BrN4O2S2/c1-3-18-8-7-11-21(12-18)32-24(34)16-37-28-22(14-30)26(23-13-19(29)15-36-23)25(17(2)31-28)27(35)33-20-9-5-4-6-10-20/h4-13,15,22,26H,3,16H2,1-2H3,(H,32,34)(H,33,35). The van der Waals surface area contributed by atoms with Crippen molar-refractivity contribution in [1.82, 2.24) is 0 Å². The Labute approximate surface area is 233 Å². The minimum atomic E-state index is -0.702. The number of hydrogen-bond acceptors (Lipinski definition) is 6. The number of aliphatic imine (C=N–C) groups is 1. The number of nitrogens with one attached hydrogen (secondary N) is 2. The number of benzene rings is 2. The fourth-order valence-electron chi connectivity index (χ4n) is 4.11. The number of hydrogen-bond donors (Lipinski definition) is 2. The van der Waals surface area contributed by atoms with E-state index < -0.39 is 11.8 Å². The Bertz CT molecular complexity index is 1410. The summed E-state index contributed by atoms with van der Waals surface area (Å²) in [4.78, 5) is 31.7. The summed E-state index contributed by atoms with van der Waals surface area (Å²) in [5.74, 6) is -1.57. The van der Waals surface area contributed by atoms with Crippen LogP contribution in [-0.2, 0) is 16.0 Å². The Balaban J connectivity index is 1.59. The van der Waals surface area contributed by atoms with E-state index in [1.165, 1.54) is 23.1 Å². The summed E-state index contributed by atoms with van der Waals surface area (Å²) in [6.45, 7) is 3.84. The van der Waals surface area contributed by atoms with Gasteiger partial charge in [0.2, 0.25) is 5.91 Å². The van der Waals surface area contributed by atoms with Gasteiger partial charge in [-0.3, -0.25) is 9.59 Å². The molecule has 6 nitrogen and oxygen atoms in total. The van der Waals surface area contributed by atoms with Gasteiger partial charge in [0.25, 0.3) is 5.91 Å². The third-order valence-electron chi connectivity index (χ3n) is 5.86. The SMILES string of the molecule is CCc1cccc(NC(=O)CSC2=NC(C)=C(C(=O)Nc3ccccc3)C(c3cc(Br)cs3)C2C#N)c1. The van der Waals surface area contributed by atoms with E-state index in [9.17, 15) is 14.9 Å². The minimum Gasteiger partial charge on any atom is -0.325 e. The Morgan fingerprint density at radius 3 is 2.54 bits per heavy atom. The number of rotatable bonds is 7. The molecular weight excluding hydrogens is 568 g/mol. The van der Waals surface area contributed by atoms with Crippen molar-refractivity contribution >= 4 is 67.3 Å². The molecule has 1 aromatic heterocycles. The quantitative estimate of drug-likeness (QED) is 0.309. The third kappa shape index (κ3) is 6.58. The van der Waals surface area contributed by atoms with Crippen molar-refractivity contribution in [2.45, 2.75) is 26.2 Å². The molecule has 2 heterocycles. The average molecular weight is 594 g/mol. The molecule has 3 aromatic rings. The van der Waals surface area contributed by atoms with Crippen molar-refractivity contribution in [3.63, 3.8) is 0 Å². The molecule has 2 atom stereocenters. The van der Waals surface area contributed by atoms with Gasteiger partial charge < -0.3 is 10.6 Å². The first-order valence-electron chi connectivity index (χ1n) is 11.7. The fourth-order valence-corrected chi connectivity index (χ4v) is 6.62. The molecule has 2 unspecified atom stereocenters. The second-order valence-corrected chi connectivity index (χ2v) is 11.3. The lowest BCUT2D eigenvalue weighted by molar-refractivity contribution is -0.114. The van der Waals surface area contributed by atoms with Crippen LogP contribution in [0.25, 0.3) is 0 Å². The largest absolute Gasteiger partial charge is 0.325 e. The van der Waals surface area contributed by atoms with Gasteiger partial charge in [-0.25, -0.2) is 4.99 Å². The molecule has 0 fully saturated rings. The molecule has 2 amide bonds. The molecule has 37 heavy (non-hydrogen) atoms. The Morgan fingerprint density at radius 2 is 1.86 bits per heavy atom. The first-order valence-corrected chi connectivity index (χ1v) is 14.4. The van der Waals surface area contributed by atoms with Gasteiger partial charge in [0.05, 0.1) is 16.9 Å². The molecule has 2 aromatic carbocycles. The van der Waals surface area contributed by atoms with Crippen molar-refractivity contribution in [2.24, 2.45) is 10.9 Å². The summed E-state index contributed by atoms with van der Waals surface area (Å²) in [5, 5.41) is 18.6. The number of allylic oxidation sites excluding steroid dienone is 1. The number of aryl methyl sites for hydroxylation is 1. The maximum atomic E-state index is 13.4. The lowest BCUT2D eigenvalue weighted by Crippen LogP contribution is -2.31. The zero-order chi connectivity index (χ0) is 26.4. The molecule has 9 heteroatoms. The zero-order valence-corrected chi connectivity index (χ0v) is 23.5. The van der Waals surface area contributed by atoms with Gasteiger partial charge in [0.1, 0.15) is 5.92 Å². The van der Waals surface area contributed by atoms with Crippen LogP contribution < -0.4 is 10.6 Å². The number of nitriles is 1. The van der Waals surface area contributed by atoms with Gasteiger partial charge in [0.15, 0.2) is 0 Å². The predicted octanol–water partition coefficient (Wildman–Crippen LogP) is 6.99. The van der Waals surface area contributed by atoms with Crippen LogP contribution in [0.3, 0.4) is 0 Å². The highest BCUT2D eigenvalue weighted by molar-refractivity contribution is 9.10. The molecular formula is C28H25BrN4O2S2. The smallest absolute Gasteiger partial charge is 0.254 e. The van der Waals surface area contributed by atoms with Crippen LogP contribution in [0.15, 0.2) is 86.8 Å². The number of thioether (sulfide) groups is 1. The van der Waals surface area contributed by atoms with Gasteiger partial charge in [-0.1, -0.05) is 49.0 Å². The molecule has 0 aliphatic carbocycles. The van der Waals surface area contributed by atoms with E-state index in [-0.39, 0.29) is 17.6 Å². The highest BCUT2D eigenvalue weighted by Crippen LogP contribution is 2.44. The topological polar surface area (TPSA) is 94.3 Å². The van der Waals surface area contributed by atoms with E-state index in [1.807, 2.05) is 66.0 Å². The zero-order valence-electron chi connectivity index (χ0n) is 20.3. The van der Waals surface area contributed by atoms with Gasteiger partial charge in [0, 0.05) is 43.3 Å². The van der Waals surface area contributed by atoms with Crippen LogP contribution in [-0.4, -0.2) is 22.6 Å². The van der Waals surface area contributed by atoms with E-state index >= 15 is 0 Å². The molecule has 1 aliphatic heterocycles. The predicted molar refractivity (Wildman–Crippen MR) is 156 cm³/mol. The Morgan fingerprint density at radius 1 is 1.11 bits per heavy atom. The fraction of sp³-hybridized carbons (Fsp3) is 0.214. The first kappa shape index (κ1) is 26.9. The molecule has 0 saturated carbocycles. The summed E-state index contributed by atoms with van der Waals surface area (Å²) in [7, 11) is 0. The van der Waals surface area contributed by atoms with E-state index in [1.54, 1.807) is 6.92 Å². The summed E-state index contributed by atoms with van der Waals surface area (Å²) < 4.78 is 0.884. The van der Waals surface area contributed by atoms with Crippen molar-refractivity contribution < 1.29 is 9.59 Å². The lowest BCUT2D eigenvalue weighted by atomic mass is 9.82. The van der Waals surface area contributed by atoms with E-state index in [0.29, 0.717) is 22.0 Å². The summed E-state index contributed by atoms with van der Waals surface area (Å²) in [6.07, 6.45) is 0.880. The second-order valence-electron chi connectivity index (χ2n) is 8.41. The number of para-hydroxylation sites is 1. The molecule has 2 N–H and O–H groups in total. The summed E-state index contributed by atoms with van der Waals surface area (Å²) in [6, 6.07) is 21.2. The van der Waals surface area contributed by atoms with Crippen LogP contribution >= 0.6 is 39.0 Å². The second kappa shape index (κ2) is 12.4. The number of carbonyl (C=O) groups is 2. The maximum absolute atomic E-state index is 13.4.